The van der Waals surface area contributed by atoms with Crippen molar-refractivity contribution in [3.63, 3.8) is 0 Å². The van der Waals surface area contributed by atoms with Gasteiger partial charge in [0.25, 0.3) is 5.92 Å². The van der Waals surface area contributed by atoms with Crippen LogP contribution in [0.15, 0.2) is 12.1 Å². The molecule has 0 aliphatic carbocycles. The number of hydrogen-bond acceptors (Lipinski definition) is 9. The van der Waals surface area contributed by atoms with Crippen LogP contribution in [0.2, 0.25) is 5.02 Å². The maximum atomic E-state index is 16.7. The van der Waals surface area contributed by atoms with Crippen LogP contribution < -0.4 is 25.4 Å². The van der Waals surface area contributed by atoms with Gasteiger partial charge in [0.05, 0.1) is 45.4 Å². The fourth-order valence-electron chi connectivity index (χ4n) is 7.92. The number of alkyl halides is 5. The summed E-state index contributed by atoms with van der Waals surface area (Å²) >= 11 is 6.72. The average Bonchev–Trinajstić information content (AvgIpc) is 3.57. The van der Waals surface area contributed by atoms with Crippen LogP contribution >= 0.6 is 11.6 Å². The molecule has 8 rings (SSSR count). The summed E-state index contributed by atoms with van der Waals surface area (Å²) in [4.78, 5) is 16.5. The van der Waals surface area contributed by atoms with Crippen molar-refractivity contribution >= 4 is 34.1 Å². The molecule has 0 spiro atoms. The molecule has 9 nitrogen and oxygen atoms in total. The van der Waals surface area contributed by atoms with E-state index in [2.05, 4.69) is 20.3 Å². The second-order valence-electron chi connectivity index (χ2n) is 12.7. The van der Waals surface area contributed by atoms with E-state index in [0.717, 1.165) is 25.3 Å². The van der Waals surface area contributed by atoms with E-state index in [9.17, 15) is 22.0 Å². The fourth-order valence-corrected chi connectivity index (χ4v) is 8.24. The molecule has 4 saturated heterocycles. The van der Waals surface area contributed by atoms with E-state index >= 15 is 4.39 Å². The van der Waals surface area contributed by atoms with Crippen LogP contribution in [-0.2, 0) is 6.18 Å². The van der Waals surface area contributed by atoms with Crippen molar-refractivity contribution in [1.82, 2.24) is 25.2 Å². The molecule has 240 valence electrons. The highest BCUT2D eigenvalue weighted by atomic mass is 35.5. The van der Waals surface area contributed by atoms with Crippen LogP contribution in [0.3, 0.4) is 0 Å². The molecule has 0 saturated carbocycles. The van der Waals surface area contributed by atoms with E-state index < -0.39 is 51.7 Å². The van der Waals surface area contributed by atoms with Gasteiger partial charge in [-0.15, -0.1) is 0 Å². The lowest BCUT2D eigenvalue weighted by Gasteiger charge is -2.40. The molecule has 16 heteroatoms. The second kappa shape index (κ2) is 9.85. The molecule has 1 aromatic carbocycles. The van der Waals surface area contributed by atoms with Crippen LogP contribution in [0.25, 0.3) is 22.2 Å². The van der Waals surface area contributed by atoms with Crippen LogP contribution in [-0.4, -0.2) is 82.3 Å². The Morgan fingerprint density at radius 3 is 2.80 bits per heavy atom. The number of benzene rings is 1. The van der Waals surface area contributed by atoms with Gasteiger partial charge in [0.2, 0.25) is 0 Å². The quantitative estimate of drug-likeness (QED) is 0.375. The Balaban J connectivity index is 1.32. The minimum atomic E-state index is -4.91. The number of nitrogens with one attached hydrogen (secondary N) is 1. The molecular weight excluding hydrogens is 628 g/mol. The van der Waals surface area contributed by atoms with Crippen LogP contribution in [0.1, 0.15) is 37.7 Å². The predicted molar refractivity (Wildman–Crippen MR) is 152 cm³/mol. The van der Waals surface area contributed by atoms with Crippen molar-refractivity contribution in [2.75, 3.05) is 43.5 Å². The molecule has 0 amide bonds. The molecule has 0 radical (unpaired) electrons. The average molecular weight is 656 g/mol. The van der Waals surface area contributed by atoms with Gasteiger partial charge in [-0.05, 0) is 44.4 Å². The number of piperazine rings is 1. The van der Waals surface area contributed by atoms with Gasteiger partial charge in [0, 0.05) is 25.0 Å². The number of hydrogen-bond donors (Lipinski definition) is 2. The third-order valence-corrected chi connectivity index (χ3v) is 10.2. The van der Waals surface area contributed by atoms with Gasteiger partial charge in [0.15, 0.2) is 11.6 Å². The van der Waals surface area contributed by atoms with E-state index in [1.165, 1.54) is 0 Å². The third kappa shape index (κ3) is 4.55. The monoisotopic (exact) mass is 655 g/mol. The highest BCUT2D eigenvalue weighted by Gasteiger charge is 2.57. The summed E-state index contributed by atoms with van der Waals surface area (Å²) in [6, 6.07) is 1.26. The number of nitrogens with two attached hydrogens (primary N) is 1. The summed E-state index contributed by atoms with van der Waals surface area (Å²) in [6.45, 7) is 0.539. The van der Waals surface area contributed by atoms with Crippen molar-refractivity contribution < 1.29 is 35.8 Å². The Hall–Kier alpha value is -3.30. The van der Waals surface area contributed by atoms with E-state index in [1.807, 2.05) is 4.90 Å². The predicted octanol–water partition coefficient (Wildman–Crippen LogP) is 5.04. The lowest BCUT2D eigenvalue weighted by molar-refractivity contribution is -0.137. The molecule has 4 atom stereocenters. The number of ether oxygens (including phenoxy) is 2. The van der Waals surface area contributed by atoms with Gasteiger partial charge in [-0.1, -0.05) is 11.6 Å². The number of aromatic nitrogens is 3. The molecule has 45 heavy (non-hydrogen) atoms. The van der Waals surface area contributed by atoms with E-state index in [-0.39, 0.29) is 72.2 Å². The minimum Gasteiger partial charge on any atom is -0.489 e. The summed E-state index contributed by atoms with van der Waals surface area (Å²) in [6.07, 6.45) is -2.34. The second-order valence-corrected chi connectivity index (χ2v) is 13.0. The largest absolute Gasteiger partial charge is 0.489 e. The van der Waals surface area contributed by atoms with E-state index in [1.54, 1.807) is 4.90 Å². The van der Waals surface area contributed by atoms with Gasteiger partial charge >= 0.3 is 12.2 Å². The first-order valence-corrected chi connectivity index (χ1v) is 15.2. The zero-order chi connectivity index (χ0) is 31.5. The molecule has 5 aliphatic heterocycles. The minimum absolute atomic E-state index is 0.00890. The molecule has 2 aromatic heterocycles. The van der Waals surface area contributed by atoms with Gasteiger partial charge in [-0.25, -0.2) is 18.2 Å². The lowest BCUT2D eigenvalue weighted by Crippen LogP contribution is -2.60. The fraction of sp³-hybridized carbons (Fsp3) is 0.552. The number of nitrogen functional groups attached to an aromatic ring is 1. The molecule has 3 N–H and O–H groups in total. The van der Waals surface area contributed by atoms with Gasteiger partial charge in [0.1, 0.15) is 30.4 Å². The lowest BCUT2D eigenvalue weighted by atomic mass is 9.94. The Kier molecular flexibility index (Phi) is 6.38. The Bertz CT molecular complexity index is 1730. The molecule has 3 aromatic rings. The molecular formula is C29H28ClF6N7O2. The zero-order valence-corrected chi connectivity index (χ0v) is 24.5. The Labute approximate surface area is 258 Å². The highest BCUT2D eigenvalue weighted by Crippen LogP contribution is 2.51. The van der Waals surface area contributed by atoms with Crippen molar-refractivity contribution in [1.29, 1.82) is 0 Å². The number of anilines is 2. The van der Waals surface area contributed by atoms with Crippen molar-refractivity contribution in [3.05, 3.63) is 28.5 Å². The van der Waals surface area contributed by atoms with Crippen molar-refractivity contribution in [2.24, 2.45) is 0 Å². The number of rotatable bonds is 4. The smallest absolute Gasteiger partial charge is 0.418 e. The van der Waals surface area contributed by atoms with E-state index in [4.69, 9.17) is 26.8 Å². The van der Waals surface area contributed by atoms with Gasteiger partial charge in [-0.2, -0.15) is 23.1 Å². The van der Waals surface area contributed by atoms with Crippen molar-refractivity contribution in [3.8, 4) is 23.0 Å². The third-order valence-electron chi connectivity index (χ3n) is 9.85. The Morgan fingerprint density at radius 1 is 1.18 bits per heavy atom. The number of fused-ring (bicyclic) bond motifs is 6. The first kappa shape index (κ1) is 29.1. The maximum Gasteiger partial charge on any atom is 0.418 e. The van der Waals surface area contributed by atoms with Crippen LogP contribution in [0.4, 0.5) is 38.0 Å². The number of pyridine rings is 1. The van der Waals surface area contributed by atoms with Gasteiger partial charge in [-0.3, -0.25) is 4.90 Å². The summed E-state index contributed by atoms with van der Waals surface area (Å²) in [5, 5.41) is 3.21. The van der Waals surface area contributed by atoms with E-state index in [0.29, 0.717) is 25.6 Å². The summed E-state index contributed by atoms with van der Waals surface area (Å²) in [7, 11) is 0. The normalized spacial score (nSPS) is 28.6. The molecule has 4 fully saturated rings. The summed E-state index contributed by atoms with van der Waals surface area (Å²) < 4.78 is 100. The number of nitrogens with zero attached hydrogens (tertiary/aromatic N) is 5. The molecule has 5 aliphatic rings. The Morgan fingerprint density at radius 2 is 2.00 bits per heavy atom. The first-order valence-electron chi connectivity index (χ1n) is 14.8. The van der Waals surface area contributed by atoms with Crippen molar-refractivity contribution in [2.45, 2.75) is 67.9 Å². The molecule has 0 unspecified atom stereocenters. The van der Waals surface area contributed by atoms with Crippen LogP contribution in [0, 0.1) is 5.82 Å². The maximum absolute atomic E-state index is 16.7. The topological polar surface area (TPSA) is 102 Å². The van der Waals surface area contributed by atoms with Gasteiger partial charge < -0.3 is 25.4 Å². The molecule has 7 heterocycles. The molecule has 2 bridgehead atoms. The summed E-state index contributed by atoms with van der Waals surface area (Å²) in [5.41, 5.74) is 1.71. The summed E-state index contributed by atoms with van der Waals surface area (Å²) in [5.74, 6) is -4.17. The van der Waals surface area contributed by atoms with Crippen LogP contribution in [0.5, 0.6) is 11.8 Å². The highest BCUT2D eigenvalue weighted by molar-refractivity contribution is 6.36. The number of halogens is 7. The standard InChI is InChI=1S/C29H28ClF6N7O2/c30-20-18(22-14(29(34,35)36)3-5-17(37)39-22)21(31)23-19-24(20)44-9-16-15-4-2-13(38-15)8-43(16)25(19)41-26(40-23)45-12-27-6-1-7-42(27)11-28(32,33)10-27/h3,5,13,15-16,38H,1-2,4,6-12H2,(H2,37,39)/t13-,15+,16-,27-/m1/s1. The first-order chi connectivity index (χ1) is 21.3. The SMILES string of the molecule is Nc1ccc(C(F)(F)F)c(-c2c(Cl)c3c4c(nc(OC[C@]56CCCN5CC(F)(F)C6)nc4c2F)N2C[C@H]4CC[C@H](N4)[C@H]2CO3)n1. The zero-order valence-electron chi connectivity index (χ0n) is 23.7.